The van der Waals surface area contributed by atoms with Crippen molar-refractivity contribution in [3.63, 3.8) is 0 Å². The number of hydrogen-bond donors (Lipinski definition) is 1. The van der Waals surface area contributed by atoms with Crippen molar-refractivity contribution in [2.75, 3.05) is 0 Å². The zero-order valence-corrected chi connectivity index (χ0v) is 31.3. The van der Waals surface area contributed by atoms with Crippen LogP contribution in [-0.2, 0) is 24.9 Å². The minimum Gasteiger partial charge on any atom is -0.512 e. The number of carbonyl (C=O) groups is 1. The number of ether oxygens (including phenoxy) is 3. The molecule has 6 nitrogen and oxygen atoms in total. The molecule has 0 saturated carbocycles. The molecule has 1 heterocycles. The fraction of sp³-hybridized carbons (Fsp3) is 0.0435. The van der Waals surface area contributed by atoms with Crippen LogP contribution in [-0.4, -0.2) is 15.9 Å². The van der Waals surface area contributed by atoms with Crippen LogP contribution in [0.5, 0.6) is 34.5 Å². The maximum atomic E-state index is 10.0. The van der Waals surface area contributed by atoms with Crippen LogP contribution in [0.15, 0.2) is 170 Å². The van der Waals surface area contributed by atoms with Gasteiger partial charge in [0, 0.05) is 60.0 Å². The van der Waals surface area contributed by atoms with Gasteiger partial charge < -0.3 is 24.3 Å². The minimum absolute atomic E-state index is 0. The van der Waals surface area contributed by atoms with Gasteiger partial charge >= 0.3 is 0 Å². The maximum Gasteiger partial charge on any atom is 0.155 e. The summed E-state index contributed by atoms with van der Waals surface area (Å²) in [4.78, 5) is 14.7. The van der Waals surface area contributed by atoms with Crippen molar-refractivity contribution in [2.45, 2.75) is 13.8 Å². The minimum atomic E-state index is -0.125. The van der Waals surface area contributed by atoms with Crippen LogP contribution >= 0.6 is 0 Å². The van der Waals surface area contributed by atoms with E-state index in [0.717, 1.165) is 49.6 Å². The van der Waals surface area contributed by atoms with E-state index in [1.807, 2.05) is 97.1 Å². The predicted molar refractivity (Wildman–Crippen MR) is 208 cm³/mol. The molecule has 263 valence electrons. The van der Waals surface area contributed by atoms with E-state index in [4.69, 9.17) is 24.3 Å². The van der Waals surface area contributed by atoms with Gasteiger partial charge in [-0.05, 0) is 66.0 Å². The van der Waals surface area contributed by atoms with Crippen LogP contribution < -0.4 is 14.2 Å². The third-order valence-electron chi connectivity index (χ3n) is 8.20. The van der Waals surface area contributed by atoms with Crippen LogP contribution in [0.1, 0.15) is 13.8 Å². The number of aliphatic hydroxyl groups is 1. The zero-order chi connectivity index (χ0) is 35.9. The zero-order valence-electron chi connectivity index (χ0n) is 28.9. The second kappa shape index (κ2) is 16.8. The molecule has 1 radical (unpaired) electrons. The average molecular weight is 873 g/mol. The quantitative estimate of drug-likeness (QED) is 0.0931. The fourth-order valence-electron chi connectivity index (χ4n) is 5.93. The summed E-state index contributed by atoms with van der Waals surface area (Å²) in [5, 5.41) is 14.8. The Morgan fingerprint density at radius 1 is 0.585 bits per heavy atom. The molecule has 0 aliphatic rings. The van der Waals surface area contributed by atoms with Gasteiger partial charge in [0.2, 0.25) is 0 Å². The van der Waals surface area contributed by atoms with Crippen molar-refractivity contribution in [1.82, 2.24) is 4.98 Å². The third kappa shape index (κ3) is 8.79. The van der Waals surface area contributed by atoms with Crippen molar-refractivity contribution >= 4 is 38.1 Å². The number of ketones is 1. The summed E-state index contributed by atoms with van der Waals surface area (Å²) in [5.74, 6) is 4.04. The Bertz CT molecular complexity index is 2560. The van der Waals surface area contributed by atoms with Gasteiger partial charge in [0.15, 0.2) is 5.78 Å². The van der Waals surface area contributed by atoms with Crippen LogP contribution in [0.2, 0.25) is 0 Å². The molecule has 0 spiro atoms. The Hall–Kier alpha value is -6.27. The first-order chi connectivity index (χ1) is 25.4. The molecule has 0 aliphatic carbocycles. The molecular weight excluding hydrogens is 839 g/mol. The van der Waals surface area contributed by atoms with Crippen LogP contribution in [0, 0.1) is 6.07 Å². The number of rotatable bonds is 8. The summed E-state index contributed by atoms with van der Waals surface area (Å²) in [7, 11) is 0. The second-order valence-electron chi connectivity index (χ2n) is 12.1. The number of aromatic nitrogens is 1. The van der Waals surface area contributed by atoms with Crippen LogP contribution in [0.3, 0.4) is 0 Å². The van der Waals surface area contributed by atoms with Crippen LogP contribution in [0.25, 0.3) is 43.6 Å². The number of hydrogen-bond acceptors (Lipinski definition) is 6. The van der Waals surface area contributed by atoms with Gasteiger partial charge in [-0.25, -0.2) is 0 Å². The van der Waals surface area contributed by atoms with Crippen molar-refractivity contribution in [3.8, 4) is 45.8 Å². The fourth-order valence-corrected chi connectivity index (χ4v) is 5.93. The van der Waals surface area contributed by atoms with Crippen molar-refractivity contribution in [1.29, 1.82) is 0 Å². The van der Waals surface area contributed by atoms with Gasteiger partial charge in [-0.15, -0.1) is 12.1 Å². The summed E-state index contributed by atoms with van der Waals surface area (Å²) in [6.45, 7) is 2.85. The topological polar surface area (TPSA) is 77.9 Å². The number of nitrogens with zero attached hydrogens (tertiary/aromatic N) is 1. The Balaban J connectivity index is 0.000000549. The molecule has 0 amide bonds. The first-order valence-corrected chi connectivity index (χ1v) is 16.8. The first kappa shape index (κ1) is 36.5. The van der Waals surface area contributed by atoms with E-state index >= 15 is 0 Å². The van der Waals surface area contributed by atoms with E-state index in [9.17, 15) is 4.79 Å². The average Bonchev–Trinajstić information content (AvgIpc) is 3.15. The molecular formula is C46H34IrNO5-. The van der Waals surface area contributed by atoms with E-state index in [-0.39, 0.29) is 31.6 Å². The number of fused-ring (bicyclic) bond motifs is 3. The molecule has 53 heavy (non-hydrogen) atoms. The molecule has 0 bridgehead atoms. The number of allylic oxidation sites excluding steroid dienone is 2. The molecule has 8 aromatic rings. The van der Waals surface area contributed by atoms with Crippen LogP contribution in [0.4, 0.5) is 0 Å². The number of pyridine rings is 1. The van der Waals surface area contributed by atoms with Gasteiger partial charge in [-0.1, -0.05) is 121 Å². The second-order valence-corrected chi connectivity index (χ2v) is 12.1. The summed E-state index contributed by atoms with van der Waals surface area (Å²) in [6.07, 6.45) is 2.91. The number of aliphatic hydroxyl groups excluding tert-OH is 1. The Kier molecular flexibility index (Phi) is 11.6. The Morgan fingerprint density at radius 3 is 1.55 bits per heavy atom. The van der Waals surface area contributed by atoms with Gasteiger partial charge in [0.05, 0.1) is 5.76 Å². The van der Waals surface area contributed by atoms with Gasteiger partial charge in [0.1, 0.15) is 23.0 Å². The first-order valence-electron chi connectivity index (χ1n) is 16.8. The summed E-state index contributed by atoms with van der Waals surface area (Å²) in [6, 6.07) is 53.5. The van der Waals surface area contributed by atoms with E-state index in [1.165, 1.54) is 19.9 Å². The summed E-state index contributed by atoms with van der Waals surface area (Å²) < 4.78 is 19.5. The number of carbonyl (C=O) groups excluding carboxylic acids is 1. The maximum absolute atomic E-state index is 10.0. The predicted octanol–water partition coefficient (Wildman–Crippen LogP) is 12.4. The summed E-state index contributed by atoms with van der Waals surface area (Å²) in [5.41, 5.74) is 1.36. The normalized spacial score (nSPS) is 10.9. The van der Waals surface area contributed by atoms with E-state index in [1.54, 1.807) is 6.20 Å². The van der Waals surface area contributed by atoms with Crippen molar-refractivity contribution in [3.05, 3.63) is 176 Å². The molecule has 0 unspecified atom stereocenters. The van der Waals surface area contributed by atoms with Crippen molar-refractivity contribution < 1.29 is 44.2 Å². The third-order valence-corrected chi connectivity index (χ3v) is 8.20. The van der Waals surface area contributed by atoms with E-state index in [0.29, 0.717) is 28.5 Å². The summed E-state index contributed by atoms with van der Waals surface area (Å²) >= 11 is 0. The molecule has 0 saturated heterocycles. The molecule has 0 atom stereocenters. The SMILES string of the molecule is CC(=O)/C=C(/C)O.[Ir].[c-]1cc(Oc2cccc3ccccc23)cc(Oc2cccc3ccccc23)c1-c1cc(Oc2cccc3ccccc23)ccn1. The molecule has 1 N–H and O–H groups in total. The Labute approximate surface area is 321 Å². The van der Waals surface area contributed by atoms with Gasteiger partial charge in [-0.2, -0.15) is 0 Å². The van der Waals surface area contributed by atoms with E-state index in [2.05, 4.69) is 60.7 Å². The smallest absolute Gasteiger partial charge is 0.155 e. The standard InChI is InChI=1S/C41H26NO3.C5H8O2.Ir/c1-4-16-33-28(10-1)13-7-19-38(33)43-31-22-23-36(41(27-31)45-40-21-9-15-30-12-3-6-18-35(30)40)37-26-32(24-25-42-37)44-39-20-8-14-29-11-2-5-17-34(29)39;1-4(6)3-5(2)7;/h1-22,24-27H;3,6H,1-2H3;/q-1;;/b;4-3-;. The van der Waals surface area contributed by atoms with Gasteiger partial charge in [0.25, 0.3) is 0 Å². The van der Waals surface area contributed by atoms with Gasteiger partial charge in [-0.3, -0.25) is 4.79 Å². The largest absolute Gasteiger partial charge is 0.512 e. The Morgan fingerprint density at radius 2 is 1.06 bits per heavy atom. The molecule has 0 fully saturated rings. The molecule has 7 heteroatoms. The molecule has 0 aliphatic heterocycles. The monoisotopic (exact) mass is 873 g/mol. The van der Waals surface area contributed by atoms with Crippen molar-refractivity contribution in [2.24, 2.45) is 0 Å². The molecule has 7 aromatic carbocycles. The molecule has 8 rings (SSSR count). The number of benzene rings is 7. The van der Waals surface area contributed by atoms with E-state index < -0.39 is 0 Å². The molecule has 1 aromatic heterocycles.